The summed E-state index contributed by atoms with van der Waals surface area (Å²) in [4.78, 5) is 0.780. The van der Waals surface area contributed by atoms with Crippen molar-refractivity contribution in [3.63, 3.8) is 0 Å². The highest BCUT2D eigenvalue weighted by Crippen LogP contribution is 2.32. The van der Waals surface area contributed by atoms with Crippen molar-refractivity contribution in [2.24, 2.45) is 7.05 Å². The number of aliphatic hydroxyl groups excluding tert-OH is 1. The van der Waals surface area contributed by atoms with Crippen molar-refractivity contribution >= 4 is 11.8 Å². The van der Waals surface area contributed by atoms with Crippen LogP contribution in [0.15, 0.2) is 28.3 Å². The first-order valence-corrected chi connectivity index (χ1v) is 6.32. The van der Waals surface area contributed by atoms with E-state index in [1.54, 1.807) is 13.0 Å². The van der Waals surface area contributed by atoms with Crippen molar-refractivity contribution in [3.8, 4) is 0 Å². The van der Waals surface area contributed by atoms with Gasteiger partial charge >= 0.3 is 0 Å². The van der Waals surface area contributed by atoms with Gasteiger partial charge in [-0.2, -0.15) is 0 Å². The predicted molar refractivity (Wildman–Crippen MR) is 66.9 cm³/mol. The molecule has 4 nitrogen and oxygen atoms in total. The maximum atomic E-state index is 13.2. The monoisotopic (exact) mass is 267 g/mol. The Morgan fingerprint density at radius 1 is 1.39 bits per heavy atom. The number of halogens is 1. The van der Waals surface area contributed by atoms with Crippen molar-refractivity contribution < 1.29 is 9.50 Å². The Balaban J connectivity index is 2.37. The molecule has 0 saturated heterocycles. The highest BCUT2D eigenvalue weighted by Gasteiger charge is 2.14. The molecule has 0 spiro atoms. The Morgan fingerprint density at radius 2 is 2.11 bits per heavy atom. The first-order chi connectivity index (χ1) is 8.49. The van der Waals surface area contributed by atoms with Crippen LogP contribution in [0.3, 0.4) is 0 Å². The van der Waals surface area contributed by atoms with Crippen molar-refractivity contribution in [1.82, 2.24) is 14.8 Å². The Hall–Kier alpha value is -1.40. The minimum Gasteiger partial charge on any atom is -0.389 e. The molecule has 0 saturated carbocycles. The number of hydrogen-bond acceptors (Lipinski definition) is 4. The average Bonchev–Trinajstić information content (AvgIpc) is 2.63. The molecule has 1 N–H and O–H groups in total. The van der Waals surface area contributed by atoms with Gasteiger partial charge < -0.3 is 9.67 Å². The average molecular weight is 267 g/mol. The van der Waals surface area contributed by atoms with Gasteiger partial charge in [0.15, 0.2) is 5.16 Å². The Morgan fingerprint density at radius 3 is 2.67 bits per heavy atom. The van der Waals surface area contributed by atoms with E-state index in [0.29, 0.717) is 10.7 Å². The Kier molecular flexibility index (Phi) is 3.68. The predicted octanol–water partition coefficient (Wildman–Crippen LogP) is 2.47. The highest BCUT2D eigenvalue weighted by molar-refractivity contribution is 7.99. The summed E-state index contributed by atoms with van der Waals surface area (Å²) in [5.74, 6) is 0.447. The fraction of sp³-hybridized carbons (Fsp3) is 0.333. The number of benzene rings is 1. The van der Waals surface area contributed by atoms with Crippen LogP contribution in [0.2, 0.25) is 0 Å². The van der Waals surface area contributed by atoms with E-state index in [9.17, 15) is 9.50 Å². The van der Waals surface area contributed by atoms with Crippen LogP contribution < -0.4 is 0 Å². The van der Waals surface area contributed by atoms with Crippen LogP contribution in [-0.2, 0) is 7.05 Å². The van der Waals surface area contributed by atoms with Gasteiger partial charge in [-0.25, -0.2) is 4.39 Å². The molecule has 0 amide bonds. The molecule has 1 atom stereocenters. The SMILES string of the molecule is Cc1nnc(Sc2ccc(F)cc2C(C)O)n1C. The van der Waals surface area contributed by atoms with Gasteiger partial charge in [-0.3, -0.25) is 0 Å². The van der Waals surface area contributed by atoms with E-state index in [1.807, 2.05) is 18.5 Å². The van der Waals surface area contributed by atoms with Gasteiger partial charge in [-0.05, 0) is 49.4 Å². The van der Waals surface area contributed by atoms with E-state index >= 15 is 0 Å². The number of rotatable bonds is 3. The number of hydrogen-bond donors (Lipinski definition) is 1. The molecule has 0 bridgehead atoms. The second-order valence-corrected chi connectivity index (χ2v) is 5.06. The van der Waals surface area contributed by atoms with E-state index in [0.717, 1.165) is 10.7 Å². The Bertz CT molecular complexity index is 568. The quantitative estimate of drug-likeness (QED) is 0.928. The molecule has 0 aliphatic carbocycles. The zero-order chi connectivity index (χ0) is 13.3. The van der Waals surface area contributed by atoms with E-state index in [1.165, 1.54) is 23.9 Å². The molecule has 2 rings (SSSR count). The number of aryl methyl sites for hydroxylation is 1. The minimum absolute atomic E-state index is 0.357. The molecule has 1 unspecified atom stereocenters. The zero-order valence-corrected chi connectivity index (χ0v) is 11.2. The molecule has 1 heterocycles. The molecule has 1 aromatic heterocycles. The third-order valence-electron chi connectivity index (χ3n) is 2.68. The van der Waals surface area contributed by atoms with Crippen molar-refractivity contribution in [3.05, 3.63) is 35.4 Å². The number of nitrogens with zero attached hydrogens (tertiary/aromatic N) is 3. The molecule has 2 aromatic rings. The van der Waals surface area contributed by atoms with E-state index < -0.39 is 6.10 Å². The summed E-state index contributed by atoms with van der Waals surface area (Å²) in [5, 5.41) is 18.4. The lowest BCUT2D eigenvalue weighted by molar-refractivity contribution is 0.196. The van der Waals surface area contributed by atoms with Crippen molar-refractivity contribution in [2.45, 2.75) is 30.0 Å². The summed E-state index contributed by atoms with van der Waals surface area (Å²) in [5.41, 5.74) is 0.556. The molecule has 18 heavy (non-hydrogen) atoms. The molecule has 0 aliphatic rings. The normalized spacial score (nSPS) is 12.7. The summed E-state index contributed by atoms with van der Waals surface area (Å²) >= 11 is 1.36. The van der Waals surface area contributed by atoms with Crippen LogP contribution in [0.1, 0.15) is 24.4 Å². The summed E-state index contributed by atoms with van der Waals surface area (Å²) in [6.45, 7) is 3.47. The standard InChI is InChI=1S/C12H14FN3OS/c1-7(17)10-6-9(13)4-5-11(10)18-12-15-14-8(2)16(12)3/h4-7,17H,1-3H3. The molecular formula is C12H14FN3OS. The Labute approximate surface area is 109 Å². The second kappa shape index (κ2) is 5.07. The third kappa shape index (κ3) is 2.54. The van der Waals surface area contributed by atoms with Crippen LogP contribution in [-0.4, -0.2) is 19.9 Å². The molecule has 0 fully saturated rings. The molecular weight excluding hydrogens is 253 g/mol. The van der Waals surface area contributed by atoms with Gasteiger partial charge in [0, 0.05) is 11.9 Å². The van der Waals surface area contributed by atoms with Gasteiger partial charge in [0.1, 0.15) is 11.6 Å². The lowest BCUT2D eigenvalue weighted by atomic mass is 10.1. The van der Waals surface area contributed by atoms with Gasteiger partial charge in [-0.1, -0.05) is 0 Å². The molecule has 1 aromatic carbocycles. The molecule has 0 aliphatic heterocycles. The van der Waals surface area contributed by atoms with Crippen LogP contribution in [0, 0.1) is 12.7 Å². The lowest BCUT2D eigenvalue weighted by Gasteiger charge is -2.11. The van der Waals surface area contributed by atoms with E-state index in [-0.39, 0.29) is 5.82 Å². The smallest absolute Gasteiger partial charge is 0.195 e. The first kappa shape index (κ1) is 13.0. The largest absolute Gasteiger partial charge is 0.389 e. The fourth-order valence-corrected chi connectivity index (χ4v) is 2.54. The van der Waals surface area contributed by atoms with E-state index in [4.69, 9.17) is 0 Å². The van der Waals surface area contributed by atoms with Crippen molar-refractivity contribution in [1.29, 1.82) is 0 Å². The van der Waals surface area contributed by atoms with Crippen LogP contribution in [0.25, 0.3) is 0 Å². The van der Waals surface area contributed by atoms with Gasteiger partial charge in [0.2, 0.25) is 0 Å². The molecule has 0 radical (unpaired) electrons. The maximum Gasteiger partial charge on any atom is 0.195 e. The number of aromatic nitrogens is 3. The highest BCUT2D eigenvalue weighted by atomic mass is 32.2. The van der Waals surface area contributed by atoms with Crippen LogP contribution in [0.5, 0.6) is 0 Å². The molecule has 96 valence electrons. The van der Waals surface area contributed by atoms with Crippen molar-refractivity contribution in [2.75, 3.05) is 0 Å². The van der Waals surface area contributed by atoms with Gasteiger partial charge in [0.25, 0.3) is 0 Å². The summed E-state index contributed by atoms with van der Waals surface area (Å²) in [6.07, 6.45) is -0.725. The zero-order valence-electron chi connectivity index (χ0n) is 10.4. The van der Waals surface area contributed by atoms with E-state index in [2.05, 4.69) is 10.2 Å². The topological polar surface area (TPSA) is 50.9 Å². The third-order valence-corrected chi connectivity index (χ3v) is 3.81. The van der Waals surface area contributed by atoms with Gasteiger partial charge in [-0.15, -0.1) is 10.2 Å². The van der Waals surface area contributed by atoms with Crippen LogP contribution in [0.4, 0.5) is 4.39 Å². The minimum atomic E-state index is -0.725. The summed E-state index contributed by atoms with van der Waals surface area (Å²) in [7, 11) is 1.86. The summed E-state index contributed by atoms with van der Waals surface area (Å²) < 4.78 is 15.0. The number of aliphatic hydroxyl groups is 1. The maximum absolute atomic E-state index is 13.2. The fourth-order valence-electron chi connectivity index (χ4n) is 1.51. The summed E-state index contributed by atoms with van der Waals surface area (Å²) in [6, 6.07) is 4.36. The molecule has 6 heteroatoms. The second-order valence-electron chi connectivity index (χ2n) is 4.05. The lowest BCUT2D eigenvalue weighted by Crippen LogP contribution is -1.97. The first-order valence-electron chi connectivity index (χ1n) is 5.50. The van der Waals surface area contributed by atoms with Crippen LogP contribution >= 0.6 is 11.8 Å². The van der Waals surface area contributed by atoms with Gasteiger partial charge in [0.05, 0.1) is 6.10 Å².